The van der Waals surface area contributed by atoms with E-state index in [1.807, 2.05) is 12.1 Å². The first-order valence-electron chi connectivity index (χ1n) is 18.0. The van der Waals surface area contributed by atoms with Crippen LogP contribution in [-0.4, -0.2) is 0 Å². The van der Waals surface area contributed by atoms with Gasteiger partial charge in [-0.25, -0.2) is 0 Å². The molecule has 11 aromatic rings. The average Bonchev–Trinajstić information content (AvgIpc) is 3.80. The molecule has 0 saturated heterocycles. The maximum atomic E-state index is 6.69. The van der Waals surface area contributed by atoms with E-state index >= 15 is 0 Å². The lowest BCUT2D eigenvalue weighted by atomic mass is 9.99. The molecule has 0 radical (unpaired) electrons. The van der Waals surface area contributed by atoms with Gasteiger partial charge in [-0.1, -0.05) is 127 Å². The lowest BCUT2D eigenvalue weighted by Crippen LogP contribution is -2.11. The minimum atomic E-state index is 0.829. The molecule has 0 unspecified atom stereocenters. The van der Waals surface area contributed by atoms with Gasteiger partial charge in [0.2, 0.25) is 0 Å². The second-order valence-electron chi connectivity index (χ2n) is 13.7. The third kappa shape index (κ3) is 4.75. The van der Waals surface area contributed by atoms with Gasteiger partial charge >= 0.3 is 0 Å². The molecule has 0 atom stereocenters. The molecule has 3 heteroatoms. The minimum Gasteiger partial charge on any atom is -0.456 e. The quantitative estimate of drug-likeness (QED) is 0.182. The zero-order chi connectivity index (χ0) is 34.9. The van der Waals surface area contributed by atoms with E-state index in [0.29, 0.717) is 0 Å². The van der Waals surface area contributed by atoms with Crippen LogP contribution in [0.2, 0.25) is 0 Å². The van der Waals surface area contributed by atoms with E-state index in [0.717, 1.165) is 82.8 Å². The van der Waals surface area contributed by atoms with Crippen LogP contribution in [0.15, 0.2) is 197 Å². The maximum absolute atomic E-state index is 6.69. The fourth-order valence-corrected chi connectivity index (χ4v) is 8.12. The van der Waals surface area contributed by atoms with Crippen molar-refractivity contribution < 1.29 is 8.83 Å². The van der Waals surface area contributed by atoms with Crippen LogP contribution >= 0.6 is 0 Å². The van der Waals surface area contributed by atoms with Crippen molar-refractivity contribution in [2.24, 2.45) is 0 Å². The van der Waals surface area contributed by atoms with Crippen molar-refractivity contribution in [1.29, 1.82) is 0 Å². The molecule has 3 nitrogen and oxygen atoms in total. The second-order valence-corrected chi connectivity index (χ2v) is 13.7. The van der Waals surface area contributed by atoms with Gasteiger partial charge in [-0.2, -0.15) is 0 Å². The Bertz CT molecular complexity index is 3170. The number of rotatable bonds is 5. The van der Waals surface area contributed by atoms with E-state index in [1.165, 1.54) is 21.9 Å². The van der Waals surface area contributed by atoms with Crippen LogP contribution in [0.5, 0.6) is 0 Å². The molecule has 0 spiro atoms. The standard InChI is InChI=1S/C50H31NO2/c1-2-11-34(12-3-1)40-15-8-9-17-44(40)51(38-23-20-33(21-24-38)37-19-18-32-10-4-5-14-36(32)30-37)39-25-27-42-47(31-39)52-45-28-29-46-49(48(42)45)43-26-22-35-13-6-7-16-41(35)50(43)53-46/h1-31H. The Morgan fingerprint density at radius 3 is 1.85 bits per heavy atom. The normalized spacial score (nSPS) is 11.8. The Morgan fingerprint density at radius 1 is 0.340 bits per heavy atom. The predicted molar refractivity (Wildman–Crippen MR) is 222 cm³/mol. The van der Waals surface area contributed by atoms with Crippen LogP contribution in [0.1, 0.15) is 0 Å². The first-order valence-corrected chi connectivity index (χ1v) is 18.0. The Balaban J connectivity index is 1.09. The van der Waals surface area contributed by atoms with E-state index in [-0.39, 0.29) is 0 Å². The van der Waals surface area contributed by atoms with Gasteiger partial charge in [0.15, 0.2) is 0 Å². The molecular formula is C50H31NO2. The van der Waals surface area contributed by atoms with E-state index in [2.05, 4.69) is 181 Å². The van der Waals surface area contributed by atoms with Crippen molar-refractivity contribution in [3.8, 4) is 22.3 Å². The zero-order valence-corrected chi connectivity index (χ0v) is 28.7. The summed E-state index contributed by atoms with van der Waals surface area (Å²) in [6, 6.07) is 66.7. The van der Waals surface area contributed by atoms with Gasteiger partial charge in [0.25, 0.3) is 0 Å². The lowest BCUT2D eigenvalue weighted by molar-refractivity contribution is 0.664. The molecule has 53 heavy (non-hydrogen) atoms. The Morgan fingerprint density at radius 2 is 0.981 bits per heavy atom. The maximum Gasteiger partial charge on any atom is 0.143 e. The van der Waals surface area contributed by atoms with Crippen molar-refractivity contribution in [3.63, 3.8) is 0 Å². The van der Waals surface area contributed by atoms with Gasteiger partial charge in [-0.05, 0) is 87.4 Å². The molecule has 0 N–H and O–H groups in total. The first kappa shape index (κ1) is 29.6. The van der Waals surface area contributed by atoms with Gasteiger partial charge in [-0.15, -0.1) is 0 Å². The van der Waals surface area contributed by atoms with Crippen LogP contribution in [0.4, 0.5) is 17.1 Å². The van der Waals surface area contributed by atoms with Crippen molar-refractivity contribution in [1.82, 2.24) is 0 Å². The zero-order valence-electron chi connectivity index (χ0n) is 28.7. The van der Waals surface area contributed by atoms with Crippen LogP contribution in [0.3, 0.4) is 0 Å². The topological polar surface area (TPSA) is 29.5 Å². The summed E-state index contributed by atoms with van der Waals surface area (Å²) < 4.78 is 13.2. The highest BCUT2D eigenvalue weighted by Crippen LogP contribution is 2.45. The molecule has 11 rings (SSSR count). The summed E-state index contributed by atoms with van der Waals surface area (Å²) in [5.74, 6) is 0. The number of hydrogen-bond donors (Lipinski definition) is 0. The molecule has 2 heterocycles. The Kier molecular flexibility index (Phi) is 6.55. The van der Waals surface area contributed by atoms with Gasteiger partial charge in [0, 0.05) is 49.9 Å². The summed E-state index contributed by atoms with van der Waals surface area (Å²) in [4.78, 5) is 2.34. The first-order chi connectivity index (χ1) is 26.3. The number of fused-ring (bicyclic) bond motifs is 10. The van der Waals surface area contributed by atoms with Gasteiger partial charge in [0.05, 0.1) is 5.69 Å². The highest BCUT2D eigenvalue weighted by atomic mass is 16.3. The Labute approximate surface area is 305 Å². The third-order valence-electron chi connectivity index (χ3n) is 10.6. The molecule has 0 bridgehead atoms. The number of furan rings is 2. The van der Waals surface area contributed by atoms with Gasteiger partial charge in [-0.3, -0.25) is 0 Å². The molecule has 0 saturated carbocycles. The monoisotopic (exact) mass is 677 g/mol. The molecular weight excluding hydrogens is 647 g/mol. The predicted octanol–water partition coefficient (Wildman–Crippen LogP) is 14.6. The number of anilines is 3. The van der Waals surface area contributed by atoms with E-state index in [9.17, 15) is 0 Å². The van der Waals surface area contributed by atoms with E-state index in [1.54, 1.807) is 0 Å². The van der Waals surface area contributed by atoms with Gasteiger partial charge in [0.1, 0.15) is 22.3 Å². The summed E-state index contributed by atoms with van der Waals surface area (Å²) in [5, 5.41) is 9.09. The average molecular weight is 678 g/mol. The van der Waals surface area contributed by atoms with Crippen molar-refractivity contribution in [2.45, 2.75) is 0 Å². The molecule has 9 aromatic carbocycles. The van der Waals surface area contributed by atoms with E-state index in [4.69, 9.17) is 8.83 Å². The van der Waals surface area contributed by atoms with Gasteiger partial charge < -0.3 is 13.7 Å². The highest BCUT2D eigenvalue weighted by molar-refractivity contribution is 6.28. The summed E-state index contributed by atoms with van der Waals surface area (Å²) in [6.45, 7) is 0. The van der Waals surface area contributed by atoms with Crippen LogP contribution in [0, 0.1) is 0 Å². The molecule has 0 fully saturated rings. The summed E-state index contributed by atoms with van der Waals surface area (Å²) in [5.41, 5.74) is 11.3. The molecule has 0 aliphatic rings. The fraction of sp³-hybridized carbons (Fsp3) is 0. The fourth-order valence-electron chi connectivity index (χ4n) is 8.12. The summed E-state index contributed by atoms with van der Waals surface area (Å²) in [7, 11) is 0. The molecule has 0 aliphatic carbocycles. The van der Waals surface area contributed by atoms with Crippen LogP contribution in [0.25, 0.3) is 87.7 Å². The Hall–Kier alpha value is -7.10. The number of nitrogens with zero attached hydrogens (tertiary/aromatic N) is 1. The SMILES string of the molecule is c1ccc(-c2ccccc2N(c2ccc(-c3ccc4ccccc4c3)cc2)c2ccc3c(c2)oc2ccc4oc5c6ccccc6ccc5c4c23)cc1. The highest BCUT2D eigenvalue weighted by Gasteiger charge is 2.21. The number of para-hydroxylation sites is 1. The van der Waals surface area contributed by atoms with Crippen molar-refractivity contribution >= 4 is 82.5 Å². The third-order valence-corrected chi connectivity index (χ3v) is 10.6. The molecule has 0 aliphatic heterocycles. The minimum absolute atomic E-state index is 0.829. The summed E-state index contributed by atoms with van der Waals surface area (Å²) >= 11 is 0. The van der Waals surface area contributed by atoms with E-state index < -0.39 is 0 Å². The van der Waals surface area contributed by atoms with Crippen LogP contribution in [-0.2, 0) is 0 Å². The molecule has 0 amide bonds. The number of benzene rings is 9. The molecule has 248 valence electrons. The molecule has 2 aromatic heterocycles. The van der Waals surface area contributed by atoms with Crippen molar-refractivity contribution in [3.05, 3.63) is 188 Å². The van der Waals surface area contributed by atoms with Crippen molar-refractivity contribution in [2.75, 3.05) is 4.90 Å². The summed E-state index contributed by atoms with van der Waals surface area (Å²) in [6.07, 6.45) is 0. The largest absolute Gasteiger partial charge is 0.456 e. The second kappa shape index (κ2) is 11.7. The number of hydrogen-bond acceptors (Lipinski definition) is 3. The van der Waals surface area contributed by atoms with Crippen LogP contribution < -0.4 is 4.90 Å². The smallest absolute Gasteiger partial charge is 0.143 e. The lowest BCUT2D eigenvalue weighted by Gasteiger charge is -2.28.